The van der Waals surface area contributed by atoms with Crippen molar-refractivity contribution in [3.05, 3.63) is 0 Å². The molecule has 7 heteroatoms. The van der Waals surface area contributed by atoms with Crippen LogP contribution < -0.4 is 11.1 Å². The van der Waals surface area contributed by atoms with Crippen LogP contribution in [0.15, 0.2) is 0 Å². The molecule has 1 aliphatic carbocycles. The third kappa shape index (κ3) is 3.02. The Hall–Kier alpha value is -1.79. The average Bonchev–Trinajstić information content (AvgIpc) is 2.35. The van der Waals surface area contributed by atoms with Gasteiger partial charge in [-0.25, -0.2) is 4.79 Å². The first-order chi connectivity index (χ1) is 9.43. The molecule has 0 aromatic carbocycles. The molecule has 1 atom stereocenters. The molecule has 1 heterocycles. The molecule has 2 aliphatic rings. The SMILES string of the molecule is NC(=O)C1CCCCN1C(=O)NC1(CC(=O)O)CCC1. The van der Waals surface area contributed by atoms with Crippen molar-refractivity contribution in [2.75, 3.05) is 6.54 Å². The third-order valence-electron chi connectivity index (χ3n) is 4.26. The Bertz CT molecular complexity index is 420. The number of nitrogens with two attached hydrogens (primary N) is 1. The molecule has 0 spiro atoms. The van der Waals surface area contributed by atoms with Gasteiger partial charge in [0.1, 0.15) is 6.04 Å². The lowest BCUT2D eigenvalue weighted by Gasteiger charge is -2.44. The quantitative estimate of drug-likeness (QED) is 0.694. The van der Waals surface area contributed by atoms with Crippen LogP contribution in [0, 0.1) is 0 Å². The maximum atomic E-state index is 12.3. The number of likely N-dealkylation sites (tertiary alicyclic amines) is 1. The fourth-order valence-electron chi connectivity index (χ4n) is 3.01. The summed E-state index contributed by atoms with van der Waals surface area (Å²) in [6, 6.07) is -0.944. The Morgan fingerprint density at radius 3 is 2.45 bits per heavy atom. The van der Waals surface area contributed by atoms with Crippen LogP contribution >= 0.6 is 0 Å². The highest BCUT2D eigenvalue weighted by Crippen LogP contribution is 2.35. The van der Waals surface area contributed by atoms with Crippen LogP contribution in [0.3, 0.4) is 0 Å². The predicted octanol–water partition coefficient (Wildman–Crippen LogP) is 0.433. The predicted molar refractivity (Wildman–Crippen MR) is 70.9 cm³/mol. The average molecular weight is 283 g/mol. The van der Waals surface area contributed by atoms with Gasteiger partial charge in [-0.3, -0.25) is 9.59 Å². The summed E-state index contributed by atoms with van der Waals surface area (Å²) in [5.41, 5.74) is 4.68. The number of carboxylic acids is 1. The summed E-state index contributed by atoms with van der Waals surface area (Å²) in [7, 11) is 0. The number of piperidine rings is 1. The highest BCUT2D eigenvalue weighted by atomic mass is 16.4. The number of amides is 3. The Kier molecular flexibility index (Phi) is 4.15. The van der Waals surface area contributed by atoms with Crippen molar-refractivity contribution >= 4 is 17.9 Å². The molecule has 7 nitrogen and oxygen atoms in total. The topological polar surface area (TPSA) is 113 Å². The first-order valence-corrected chi connectivity index (χ1v) is 7.03. The van der Waals surface area contributed by atoms with Gasteiger partial charge >= 0.3 is 12.0 Å². The molecule has 1 saturated heterocycles. The van der Waals surface area contributed by atoms with E-state index in [9.17, 15) is 14.4 Å². The zero-order valence-electron chi connectivity index (χ0n) is 11.4. The van der Waals surface area contributed by atoms with Gasteiger partial charge in [0, 0.05) is 6.54 Å². The van der Waals surface area contributed by atoms with Crippen LogP contribution in [0.25, 0.3) is 0 Å². The number of nitrogens with one attached hydrogen (secondary N) is 1. The maximum Gasteiger partial charge on any atom is 0.318 e. The van der Waals surface area contributed by atoms with E-state index in [0.717, 1.165) is 19.3 Å². The summed E-state index contributed by atoms with van der Waals surface area (Å²) < 4.78 is 0. The van der Waals surface area contributed by atoms with Gasteiger partial charge < -0.3 is 21.1 Å². The first kappa shape index (κ1) is 14.6. The highest BCUT2D eigenvalue weighted by molar-refractivity contribution is 5.86. The van der Waals surface area contributed by atoms with E-state index in [4.69, 9.17) is 10.8 Å². The minimum absolute atomic E-state index is 0.0756. The first-order valence-electron chi connectivity index (χ1n) is 7.03. The van der Waals surface area contributed by atoms with Gasteiger partial charge in [-0.15, -0.1) is 0 Å². The van der Waals surface area contributed by atoms with Crippen molar-refractivity contribution in [1.29, 1.82) is 0 Å². The van der Waals surface area contributed by atoms with Gasteiger partial charge in [0.25, 0.3) is 0 Å². The molecule has 0 bridgehead atoms. The van der Waals surface area contributed by atoms with E-state index in [1.807, 2.05) is 0 Å². The fraction of sp³-hybridized carbons (Fsp3) is 0.769. The molecule has 0 aromatic rings. The van der Waals surface area contributed by atoms with Crippen molar-refractivity contribution < 1.29 is 19.5 Å². The Morgan fingerprint density at radius 1 is 1.25 bits per heavy atom. The number of carbonyl (C=O) groups is 3. The molecule has 1 saturated carbocycles. The van der Waals surface area contributed by atoms with E-state index in [2.05, 4.69) is 5.32 Å². The Balaban J connectivity index is 2.02. The number of primary amides is 1. The lowest BCUT2D eigenvalue weighted by molar-refractivity contribution is -0.139. The zero-order valence-corrected chi connectivity index (χ0v) is 11.4. The molecule has 2 rings (SSSR count). The second-order valence-corrected chi connectivity index (χ2v) is 5.74. The maximum absolute atomic E-state index is 12.3. The van der Waals surface area contributed by atoms with Gasteiger partial charge in [-0.2, -0.15) is 0 Å². The van der Waals surface area contributed by atoms with Crippen LogP contribution in [-0.2, 0) is 9.59 Å². The van der Waals surface area contributed by atoms with E-state index in [1.165, 1.54) is 4.90 Å². The molecule has 2 fully saturated rings. The molecule has 4 N–H and O–H groups in total. The summed E-state index contributed by atoms with van der Waals surface area (Å²) >= 11 is 0. The lowest BCUT2D eigenvalue weighted by atomic mass is 9.74. The van der Waals surface area contributed by atoms with Gasteiger partial charge in [0.2, 0.25) is 5.91 Å². The number of nitrogens with zero attached hydrogens (tertiary/aromatic N) is 1. The monoisotopic (exact) mass is 283 g/mol. The number of aliphatic carboxylic acids is 1. The Labute approximate surface area is 117 Å². The number of hydrogen-bond acceptors (Lipinski definition) is 3. The summed E-state index contributed by atoms with van der Waals surface area (Å²) in [6.07, 6.45) is 4.45. The second kappa shape index (κ2) is 5.68. The third-order valence-corrected chi connectivity index (χ3v) is 4.26. The normalized spacial score (nSPS) is 24.6. The number of urea groups is 1. The van der Waals surface area contributed by atoms with Gasteiger partial charge in [0.15, 0.2) is 0 Å². The number of carbonyl (C=O) groups excluding carboxylic acids is 2. The van der Waals surface area contributed by atoms with E-state index in [1.54, 1.807) is 0 Å². The molecule has 0 radical (unpaired) electrons. The molecule has 1 aliphatic heterocycles. The molecular weight excluding hydrogens is 262 g/mol. The van der Waals surface area contributed by atoms with Crippen LogP contribution in [0.2, 0.25) is 0 Å². The number of rotatable bonds is 4. The van der Waals surface area contributed by atoms with Crippen molar-refractivity contribution in [2.45, 2.75) is 56.5 Å². The van der Waals surface area contributed by atoms with Crippen LogP contribution in [0.1, 0.15) is 44.9 Å². The lowest BCUT2D eigenvalue weighted by Crippen LogP contribution is -2.61. The summed E-state index contributed by atoms with van der Waals surface area (Å²) in [5.74, 6) is -1.42. The smallest absolute Gasteiger partial charge is 0.318 e. The molecule has 20 heavy (non-hydrogen) atoms. The van der Waals surface area contributed by atoms with Crippen LogP contribution in [-0.4, -0.2) is 46.0 Å². The largest absolute Gasteiger partial charge is 0.481 e. The number of hydrogen-bond donors (Lipinski definition) is 3. The van der Waals surface area contributed by atoms with Gasteiger partial charge in [0.05, 0.1) is 12.0 Å². The van der Waals surface area contributed by atoms with E-state index in [-0.39, 0.29) is 12.5 Å². The second-order valence-electron chi connectivity index (χ2n) is 5.74. The minimum atomic E-state index is -0.921. The summed E-state index contributed by atoms with van der Waals surface area (Å²) in [6.45, 7) is 0.489. The van der Waals surface area contributed by atoms with Gasteiger partial charge in [-0.05, 0) is 38.5 Å². The van der Waals surface area contributed by atoms with Crippen molar-refractivity contribution in [1.82, 2.24) is 10.2 Å². The summed E-state index contributed by atoms with van der Waals surface area (Å²) in [4.78, 5) is 36.1. The van der Waals surface area contributed by atoms with E-state index in [0.29, 0.717) is 25.8 Å². The molecular formula is C13H21N3O4. The van der Waals surface area contributed by atoms with Crippen LogP contribution in [0.4, 0.5) is 4.79 Å². The van der Waals surface area contributed by atoms with Crippen molar-refractivity contribution in [3.8, 4) is 0 Å². The standard InChI is InChI=1S/C13H21N3O4/c14-11(19)9-4-1-2-7-16(9)12(20)15-13(5-3-6-13)8-10(17)18/h9H,1-8H2,(H2,14,19)(H,15,20)(H,17,18). The molecule has 112 valence electrons. The summed E-state index contributed by atoms with van der Waals surface area (Å²) in [5, 5.41) is 11.8. The highest BCUT2D eigenvalue weighted by Gasteiger charge is 2.42. The van der Waals surface area contributed by atoms with Gasteiger partial charge in [-0.1, -0.05) is 0 Å². The van der Waals surface area contributed by atoms with Crippen molar-refractivity contribution in [3.63, 3.8) is 0 Å². The fourth-order valence-corrected chi connectivity index (χ4v) is 3.01. The Morgan fingerprint density at radius 2 is 1.95 bits per heavy atom. The molecule has 1 unspecified atom stereocenters. The van der Waals surface area contributed by atoms with E-state index >= 15 is 0 Å². The van der Waals surface area contributed by atoms with E-state index < -0.39 is 23.5 Å². The minimum Gasteiger partial charge on any atom is -0.481 e. The zero-order chi connectivity index (χ0) is 14.8. The molecule has 0 aromatic heterocycles. The van der Waals surface area contributed by atoms with Crippen LogP contribution in [0.5, 0.6) is 0 Å². The van der Waals surface area contributed by atoms with Crippen molar-refractivity contribution in [2.24, 2.45) is 5.73 Å². The number of carboxylic acid groups (broad SMARTS) is 1. The molecule has 3 amide bonds.